The lowest BCUT2D eigenvalue weighted by Crippen LogP contribution is -2.58. The number of amides is 4. The van der Waals surface area contributed by atoms with E-state index in [1.54, 1.807) is 17.5 Å². The van der Waals surface area contributed by atoms with E-state index in [2.05, 4.69) is 15.0 Å². The zero-order chi connectivity index (χ0) is 40.4. The average Bonchev–Trinajstić information content (AvgIpc) is 4.05. The van der Waals surface area contributed by atoms with Crippen molar-refractivity contribution in [3.63, 3.8) is 0 Å². The molecule has 302 valence electrons. The van der Waals surface area contributed by atoms with Crippen LogP contribution in [0, 0.1) is 17.6 Å². The molecule has 1 saturated heterocycles. The average molecular weight is 818 g/mol. The third kappa shape index (κ3) is 7.48. The van der Waals surface area contributed by atoms with E-state index in [0.717, 1.165) is 17.0 Å². The molecule has 0 spiro atoms. The van der Waals surface area contributed by atoms with Crippen molar-refractivity contribution in [1.82, 2.24) is 25.2 Å². The number of ether oxygens (including phenoxy) is 1. The Labute approximate surface area is 321 Å². The maximum Gasteiger partial charge on any atom is 0.471 e. The van der Waals surface area contributed by atoms with Gasteiger partial charge in [0.1, 0.15) is 46.5 Å². The summed E-state index contributed by atoms with van der Waals surface area (Å²) in [4.78, 5) is 60.0. The molecule has 2 aliphatic carbocycles. The van der Waals surface area contributed by atoms with Gasteiger partial charge in [0.2, 0.25) is 21.8 Å². The number of hydrogen-bond donors (Lipinski definition) is 3. The van der Waals surface area contributed by atoms with Crippen molar-refractivity contribution in [3.8, 4) is 5.75 Å². The molecule has 3 fully saturated rings. The number of rotatable bonds is 6. The van der Waals surface area contributed by atoms with Gasteiger partial charge in [0, 0.05) is 23.1 Å². The molecule has 0 unspecified atom stereocenters. The standard InChI is InChI=1S/C38H36F5N5O8S/c39-20-8-12-26-24(14-20)31(32-30(44-26)25-15-21(40)9-13-29(25)56-32)55-22-16-28-33(49)46-37(35(51)47-57(53,54)23-10-11-23)17-19(37)6-4-2-1-3-5-7-27(34(50)48(28)18-22)45-36(52)38(41,42)43/h4,6,8-9,12-15,19,22-23,27-28H,1-3,5,7,10-11,16-18H2,(H,45,52)(H,46,49)(H,47,51)/t19-,22-,27+,28+,37-/m1/s1. The second kappa shape index (κ2) is 14.2. The summed E-state index contributed by atoms with van der Waals surface area (Å²) in [5.74, 6) is -7.20. The van der Waals surface area contributed by atoms with Crippen LogP contribution in [-0.4, -0.2) is 83.6 Å². The summed E-state index contributed by atoms with van der Waals surface area (Å²) in [6.45, 7) is -0.427. The van der Waals surface area contributed by atoms with Crippen LogP contribution in [0.1, 0.15) is 57.8 Å². The maximum absolute atomic E-state index is 14.7. The van der Waals surface area contributed by atoms with E-state index in [0.29, 0.717) is 32.1 Å². The third-order valence-corrected chi connectivity index (χ3v) is 12.8. The molecule has 4 heterocycles. The number of aromatic nitrogens is 1. The van der Waals surface area contributed by atoms with Gasteiger partial charge in [-0.15, -0.1) is 0 Å². The normalized spacial score (nSPS) is 26.0. The smallest absolute Gasteiger partial charge is 0.471 e. The summed E-state index contributed by atoms with van der Waals surface area (Å²) >= 11 is 0. The maximum atomic E-state index is 14.7. The molecule has 3 N–H and O–H groups in total. The lowest BCUT2D eigenvalue weighted by molar-refractivity contribution is -0.175. The van der Waals surface area contributed by atoms with Crippen molar-refractivity contribution < 1.29 is 58.7 Å². The highest BCUT2D eigenvalue weighted by Crippen LogP contribution is 2.46. The number of carbonyl (C=O) groups is 4. The molecule has 57 heavy (non-hydrogen) atoms. The summed E-state index contributed by atoms with van der Waals surface area (Å²) in [6.07, 6.45) is -0.973. The van der Waals surface area contributed by atoms with Gasteiger partial charge in [-0.1, -0.05) is 25.0 Å². The number of halogens is 5. The van der Waals surface area contributed by atoms with Crippen LogP contribution in [-0.2, 0) is 29.2 Å². The Balaban J connectivity index is 1.17. The molecule has 0 radical (unpaired) electrons. The second-order valence-electron chi connectivity index (χ2n) is 15.0. The summed E-state index contributed by atoms with van der Waals surface area (Å²) in [5.41, 5.74) is -1.12. The van der Waals surface area contributed by atoms with Crippen LogP contribution in [0.2, 0.25) is 0 Å². The lowest BCUT2D eigenvalue weighted by Gasteiger charge is -2.30. The second-order valence-corrected chi connectivity index (χ2v) is 17.0. The van der Waals surface area contributed by atoms with Crippen molar-refractivity contribution in [2.24, 2.45) is 5.92 Å². The molecular weight excluding hydrogens is 782 g/mol. The van der Waals surface area contributed by atoms with Gasteiger partial charge in [0.15, 0.2) is 11.3 Å². The predicted octanol–water partition coefficient (Wildman–Crippen LogP) is 4.81. The Bertz CT molecular complexity index is 2470. The molecule has 4 amide bonds. The number of carbonyl (C=O) groups excluding carboxylic acids is 4. The quantitative estimate of drug-likeness (QED) is 0.182. The van der Waals surface area contributed by atoms with Gasteiger partial charge >= 0.3 is 12.1 Å². The summed E-state index contributed by atoms with van der Waals surface area (Å²) in [5, 5.41) is 4.10. The van der Waals surface area contributed by atoms with Gasteiger partial charge in [0.25, 0.3) is 5.91 Å². The molecule has 2 saturated carbocycles. The zero-order valence-electron chi connectivity index (χ0n) is 30.0. The molecule has 0 bridgehead atoms. The fourth-order valence-corrected chi connectivity index (χ4v) is 9.09. The Kier molecular flexibility index (Phi) is 9.63. The molecule has 8 rings (SSSR count). The Morgan fingerprint density at radius 3 is 2.47 bits per heavy atom. The Morgan fingerprint density at radius 2 is 1.74 bits per heavy atom. The first-order valence-electron chi connectivity index (χ1n) is 18.5. The highest BCUT2D eigenvalue weighted by molar-refractivity contribution is 7.91. The van der Waals surface area contributed by atoms with E-state index >= 15 is 0 Å². The van der Waals surface area contributed by atoms with Crippen LogP contribution >= 0.6 is 0 Å². The van der Waals surface area contributed by atoms with Crippen molar-refractivity contribution in [2.45, 2.75) is 92.9 Å². The predicted molar refractivity (Wildman–Crippen MR) is 193 cm³/mol. The highest BCUT2D eigenvalue weighted by atomic mass is 32.2. The number of alkyl halides is 3. The first-order valence-corrected chi connectivity index (χ1v) is 20.1. The minimum Gasteiger partial charge on any atom is -0.484 e. The SMILES string of the molecule is O=C1N[C@]2(C(=O)NS(=O)(=O)C3CC3)C[C@H]2C=CCCCCC[C@H](NC(=O)C(F)(F)F)C(=O)N2C[C@H](Oc3c4cc(F)ccc4nc4c3oc3ccc(F)cc34)C[C@@H]12. The summed E-state index contributed by atoms with van der Waals surface area (Å²) in [7, 11) is -4.04. The van der Waals surface area contributed by atoms with Crippen LogP contribution in [0.25, 0.3) is 33.0 Å². The number of sulfonamides is 1. The van der Waals surface area contributed by atoms with E-state index in [9.17, 15) is 49.5 Å². The molecular formula is C38H36F5N5O8S. The fraction of sp³-hybridized carbons (Fsp3) is 0.447. The van der Waals surface area contributed by atoms with Gasteiger partial charge in [0.05, 0.1) is 17.3 Å². The zero-order valence-corrected chi connectivity index (χ0v) is 30.9. The Hall–Kier alpha value is -5.33. The van der Waals surface area contributed by atoms with Crippen LogP contribution < -0.4 is 20.1 Å². The number of nitrogens with one attached hydrogen (secondary N) is 3. The minimum atomic E-state index is -5.32. The van der Waals surface area contributed by atoms with Crippen LogP contribution in [0.5, 0.6) is 5.75 Å². The molecule has 4 aromatic rings. The monoisotopic (exact) mass is 817 g/mol. The molecule has 4 aliphatic rings. The van der Waals surface area contributed by atoms with Crippen LogP contribution in [0.15, 0.2) is 53.0 Å². The molecule has 19 heteroatoms. The number of furan rings is 1. The van der Waals surface area contributed by atoms with E-state index < -0.39 is 92.9 Å². The molecule has 2 aliphatic heterocycles. The van der Waals surface area contributed by atoms with Crippen LogP contribution in [0.3, 0.4) is 0 Å². The van der Waals surface area contributed by atoms with Gasteiger partial charge < -0.3 is 24.7 Å². The first kappa shape index (κ1) is 38.5. The minimum absolute atomic E-state index is 0.00985. The van der Waals surface area contributed by atoms with Gasteiger partial charge in [-0.3, -0.25) is 23.9 Å². The summed E-state index contributed by atoms with van der Waals surface area (Å²) < 4.78 is 110. The van der Waals surface area contributed by atoms with Crippen molar-refractivity contribution in [3.05, 3.63) is 60.2 Å². The number of pyridine rings is 1. The van der Waals surface area contributed by atoms with E-state index in [-0.39, 0.29) is 64.4 Å². The summed E-state index contributed by atoms with van der Waals surface area (Å²) in [6, 6.07) is 4.16. The van der Waals surface area contributed by atoms with Gasteiger partial charge in [-0.2, -0.15) is 13.2 Å². The third-order valence-electron chi connectivity index (χ3n) is 11.0. The lowest BCUT2D eigenvalue weighted by atomic mass is 10.0. The number of hydrogen-bond acceptors (Lipinski definition) is 9. The number of nitrogens with zero attached hydrogens (tertiary/aromatic N) is 2. The first-order chi connectivity index (χ1) is 27.0. The Morgan fingerprint density at radius 1 is 1.00 bits per heavy atom. The fourth-order valence-electron chi connectivity index (χ4n) is 7.72. The molecule has 5 atom stereocenters. The van der Waals surface area contributed by atoms with Crippen molar-refractivity contribution in [1.29, 1.82) is 0 Å². The van der Waals surface area contributed by atoms with E-state index in [4.69, 9.17) is 9.15 Å². The van der Waals surface area contributed by atoms with Gasteiger partial charge in [-0.05, 0) is 74.9 Å². The van der Waals surface area contributed by atoms with E-state index in [1.165, 1.54) is 24.3 Å². The largest absolute Gasteiger partial charge is 0.484 e. The van der Waals surface area contributed by atoms with E-state index in [1.807, 2.05) is 0 Å². The molecule has 13 nitrogen and oxygen atoms in total. The topological polar surface area (TPSA) is 177 Å². The highest BCUT2D eigenvalue weighted by Gasteiger charge is 2.62. The van der Waals surface area contributed by atoms with Crippen molar-refractivity contribution in [2.75, 3.05) is 6.54 Å². The van der Waals surface area contributed by atoms with Gasteiger partial charge in [-0.25, -0.2) is 22.2 Å². The number of benzene rings is 2. The number of fused-ring (bicyclic) bond motifs is 6. The molecule has 2 aromatic carbocycles. The molecule has 2 aromatic heterocycles. The van der Waals surface area contributed by atoms with Crippen LogP contribution in [0.4, 0.5) is 22.0 Å². The number of allylic oxidation sites excluding steroid dienone is 1. The van der Waals surface area contributed by atoms with Crippen molar-refractivity contribution >= 4 is 66.6 Å².